The van der Waals surface area contributed by atoms with E-state index in [1.165, 1.54) is 10.6 Å². The summed E-state index contributed by atoms with van der Waals surface area (Å²) in [7, 11) is 1.62. The average Bonchev–Trinajstić information content (AvgIpc) is 2.83. The van der Waals surface area contributed by atoms with Gasteiger partial charge in [0.1, 0.15) is 11.9 Å². The van der Waals surface area contributed by atoms with Gasteiger partial charge in [0, 0.05) is 13.5 Å². The van der Waals surface area contributed by atoms with Gasteiger partial charge in [-0.1, -0.05) is 30.4 Å². The van der Waals surface area contributed by atoms with Crippen LogP contribution in [0.4, 0.5) is 4.39 Å². The molecule has 0 unspecified atom stereocenters. The minimum atomic E-state index is -0.441. The molecule has 6 heteroatoms. The Bertz CT molecular complexity index is 1030. The van der Waals surface area contributed by atoms with Crippen LogP contribution >= 0.6 is 12.2 Å². The second-order valence-corrected chi connectivity index (χ2v) is 5.62. The number of halogens is 1. The molecule has 0 aliphatic heterocycles. The minimum absolute atomic E-state index is 0.118. The van der Waals surface area contributed by atoms with Gasteiger partial charge < -0.3 is 4.42 Å². The highest BCUT2D eigenvalue weighted by Crippen LogP contribution is 2.25. The van der Waals surface area contributed by atoms with Crippen LogP contribution in [0.3, 0.4) is 0 Å². The normalized spacial score (nSPS) is 10.7. The molecule has 0 saturated heterocycles. The summed E-state index contributed by atoms with van der Waals surface area (Å²) in [5, 5.41) is 8.70. The van der Waals surface area contributed by atoms with E-state index in [2.05, 4.69) is 0 Å². The lowest BCUT2D eigenvalue weighted by molar-refractivity contribution is 0.528. The van der Waals surface area contributed by atoms with Crippen molar-refractivity contribution in [2.24, 2.45) is 7.05 Å². The zero-order chi connectivity index (χ0) is 16.6. The molecule has 0 spiro atoms. The lowest BCUT2D eigenvalue weighted by Crippen LogP contribution is -2.08. The van der Waals surface area contributed by atoms with Gasteiger partial charge in [-0.2, -0.15) is 5.26 Å². The molecule has 114 valence electrons. The van der Waals surface area contributed by atoms with Crippen molar-refractivity contribution in [3.8, 4) is 17.2 Å². The zero-order valence-corrected chi connectivity index (χ0v) is 13.0. The van der Waals surface area contributed by atoms with Gasteiger partial charge in [0.2, 0.25) is 0 Å². The molecule has 0 atom stereocenters. The molecule has 1 aromatic heterocycles. The average molecular weight is 326 g/mol. The predicted octanol–water partition coefficient (Wildman–Crippen LogP) is 3.37. The van der Waals surface area contributed by atoms with Crippen molar-refractivity contribution >= 4 is 28.2 Å². The number of rotatable bonds is 3. The number of fused-ring (bicyclic) bond motifs is 1. The Morgan fingerprint density at radius 2 is 2.00 bits per heavy atom. The van der Waals surface area contributed by atoms with Crippen molar-refractivity contribution < 1.29 is 8.81 Å². The summed E-state index contributed by atoms with van der Waals surface area (Å²) in [5.74, 6) is -0.857. The van der Waals surface area contributed by atoms with E-state index in [0.29, 0.717) is 22.2 Å². The summed E-state index contributed by atoms with van der Waals surface area (Å²) < 4.78 is 20.7. The fraction of sp³-hybridized carbons (Fsp3) is 0.118. The largest absolute Gasteiger partial charge is 0.419 e. The van der Waals surface area contributed by atoms with Crippen LogP contribution in [0.1, 0.15) is 5.56 Å². The van der Waals surface area contributed by atoms with Crippen molar-refractivity contribution in [2.75, 3.05) is 0 Å². The van der Waals surface area contributed by atoms with Gasteiger partial charge in [0.25, 0.3) is 0 Å². The maximum Gasteiger partial charge on any atom is 0.419 e. The molecule has 23 heavy (non-hydrogen) atoms. The molecule has 1 heterocycles. The molecule has 3 rings (SSSR count). The Balaban J connectivity index is 2.03. The van der Waals surface area contributed by atoms with E-state index in [-0.39, 0.29) is 11.3 Å². The van der Waals surface area contributed by atoms with Crippen molar-refractivity contribution in [2.45, 2.75) is 6.42 Å². The Labute approximate surface area is 136 Å². The van der Waals surface area contributed by atoms with E-state index < -0.39 is 11.6 Å². The summed E-state index contributed by atoms with van der Waals surface area (Å²) in [6.45, 7) is 0. The number of nitrogens with zero attached hydrogens (tertiary/aromatic N) is 2. The first-order valence-corrected chi connectivity index (χ1v) is 7.21. The fourth-order valence-electron chi connectivity index (χ4n) is 2.39. The third kappa shape index (κ3) is 2.79. The number of oxazole rings is 1. The molecule has 0 aliphatic rings. The number of aromatic nitrogens is 1. The third-order valence-corrected chi connectivity index (χ3v) is 3.89. The first-order chi connectivity index (χ1) is 11.0. The molecule has 0 radical (unpaired) electrons. The van der Waals surface area contributed by atoms with E-state index in [9.17, 15) is 9.18 Å². The van der Waals surface area contributed by atoms with Gasteiger partial charge in [-0.25, -0.2) is 9.18 Å². The van der Waals surface area contributed by atoms with Crippen LogP contribution < -0.4 is 5.76 Å². The first-order valence-electron chi connectivity index (χ1n) is 6.81. The van der Waals surface area contributed by atoms with Crippen molar-refractivity contribution in [1.82, 2.24) is 4.57 Å². The van der Waals surface area contributed by atoms with Crippen LogP contribution in [0.25, 0.3) is 22.2 Å². The second-order valence-electron chi connectivity index (χ2n) is 5.13. The standard InChI is InChI=1S/C17H11FN2O2S/c1-20-15-8-11(4-5-16(15)22-17(20)21)10-2-3-12(14(18)7-10)6-13(23)9-19/h2-5,7-8H,6H2,1H3. The lowest BCUT2D eigenvalue weighted by atomic mass is 10.0. The first kappa shape index (κ1) is 15.1. The number of hydrogen-bond donors (Lipinski definition) is 0. The van der Waals surface area contributed by atoms with E-state index in [4.69, 9.17) is 21.9 Å². The van der Waals surface area contributed by atoms with Gasteiger partial charge >= 0.3 is 5.76 Å². The number of thiocarbonyl (C=S) groups is 1. The lowest BCUT2D eigenvalue weighted by Gasteiger charge is -2.06. The maximum absolute atomic E-state index is 14.2. The minimum Gasteiger partial charge on any atom is -0.408 e. The number of benzene rings is 2. The predicted molar refractivity (Wildman–Crippen MR) is 88.8 cm³/mol. The zero-order valence-electron chi connectivity index (χ0n) is 12.2. The Kier molecular flexibility index (Phi) is 3.80. The summed E-state index contributed by atoms with van der Waals surface area (Å²) in [4.78, 5) is 11.7. The number of aryl methyl sites for hydroxylation is 1. The molecule has 0 amide bonds. The van der Waals surface area contributed by atoms with Crippen molar-refractivity contribution in [1.29, 1.82) is 5.26 Å². The van der Waals surface area contributed by atoms with Crippen LogP contribution in [0.15, 0.2) is 45.6 Å². The summed E-state index contributed by atoms with van der Waals surface area (Å²) >= 11 is 4.82. The Morgan fingerprint density at radius 3 is 2.70 bits per heavy atom. The molecule has 0 fully saturated rings. The number of hydrogen-bond acceptors (Lipinski definition) is 4. The molecular weight excluding hydrogens is 315 g/mol. The van der Waals surface area contributed by atoms with Crippen LogP contribution in [-0.4, -0.2) is 9.43 Å². The molecule has 0 saturated carbocycles. The molecule has 4 nitrogen and oxygen atoms in total. The quantitative estimate of drug-likeness (QED) is 0.692. The van der Waals surface area contributed by atoms with Gasteiger partial charge in [-0.15, -0.1) is 0 Å². The molecular formula is C17H11FN2O2S. The molecule has 0 N–H and O–H groups in total. The van der Waals surface area contributed by atoms with Gasteiger partial charge in [0.15, 0.2) is 5.58 Å². The van der Waals surface area contributed by atoms with Crippen LogP contribution in [0, 0.1) is 17.1 Å². The molecule has 3 aromatic rings. The molecule has 2 aromatic carbocycles. The van der Waals surface area contributed by atoms with Crippen LogP contribution in [-0.2, 0) is 13.5 Å². The second kappa shape index (κ2) is 5.78. The van der Waals surface area contributed by atoms with E-state index in [1.807, 2.05) is 6.07 Å². The topological polar surface area (TPSA) is 58.9 Å². The van der Waals surface area contributed by atoms with Gasteiger partial charge in [-0.3, -0.25) is 4.57 Å². The SMILES string of the molecule is Cn1c(=O)oc2ccc(-c3ccc(CC(=S)C#N)c(F)c3)cc21. The van der Waals surface area contributed by atoms with Gasteiger partial charge in [-0.05, 0) is 34.9 Å². The highest BCUT2D eigenvalue weighted by atomic mass is 32.1. The number of nitriles is 1. The Morgan fingerprint density at radius 1 is 1.30 bits per heavy atom. The highest BCUT2D eigenvalue weighted by molar-refractivity contribution is 7.80. The smallest absolute Gasteiger partial charge is 0.408 e. The van der Waals surface area contributed by atoms with E-state index in [0.717, 1.165) is 5.56 Å². The van der Waals surface area contributed by atoms with Crippen molar-refractivity contribution in [3.63, 3.8) is 0 Å². The van der Waals surface area contributed by atoms with Gasteiger partial charge in [0.05, 0.1) is 10.4 Å². The summed E-state index contributed by atoms with van der Waals surface area (Å²) in [5.41, 5.74) is 2.95. The monoisotopic (exact) mass is 326 g/mol. The third-order valence-electron chi connectivity index (χ3n) is 3.65. The van der Waals surface area contributed by atoms with Crippen LogP contribution in [0.5, 0.6) is 0 Å². The van der Waals surface area contributed by atoms with E-state index in [1.54, 1.807) is 37.4 Å². The Hall–Kier alpha value is -2.78. The fourth-order valence-corrected chi connectivity index (χ4v) is 2.54. The summed E-state index contributed by atoms with van der Waals surface area (Å²) in [6, 6.07) is 11.8. The highest BCUT2D eigenvalue weighted by Gasteiger charge is 2.10. The summed E-state index contributed by atoms with van der Waals surface area (Å²) in [6.07, 6.45) is 0.118. The van der Waals surface area contributed by atoms with Crippen LogP contribution in [0.2, 0.25) is 0 Å². The maximum atomic E-state index is 14.2. The molecule has 0 aliphatic carbocycles. The van der Waals surface area contributed by atoms with Crippen molar-refractivity contribution in [3.05, 3.63) is 58.3 Å². The van der Waals surface area contributed by atoms with E-state index >= 15 is 0 Å². The molecule has 0 bridgehead atoms.